The first-order valence-corrected chi connectivity index (χ1v) is 9.07. The summed E-state index contributed by atoms with van der Waals surface area (Å²) in [6, 6.07) is 4.74. The van der Waals surface area contributed by atoms with Crippen LogP contribution in [0.15, 0.2) is 18.2 Å². The van der Waals surface area contributed by atoms with Gasteiger partial charge in [0.1, 0.15) is 12.5 Å². The number of amides is 2. The minimum absolute atomic E-state index is 0.366. The first kappa shape index (κ1) is 16.2. The summed E-state index contributed by atoms with van der Waals surface area (Å²) in [5, 5.41) is 25.6. The SMILES string of the molecule is O=C1c2ccc(N3CC4(CNC4)C3)cc2C(=O)N1C1CCC(O)NC1O. The summed E-state index contributed by atoms with van der Waals surface area (Å²) in [5.74, 6) is -0.739. The Hall–Kier alpha value is -2.00. The number of carbonyl (C=O) groups is 2. The molecular formula is C18H22N4O4. The molecule has 1 aromatic carbocycles. The number of fused-ring (bicyclic) bond motifs is 1. The molecule has 3 fully saturated rings. The normalized spacial score (nSPS) is 32.5. The lowest BCUT2D eigenvalue weighted by Gasteiger charge is -2.57. The number of aliphatic hydroxyl groups is 2. The van der Waals surface area contributed by atoms with Crippen molar-refractivity contribution in [3.63, 3.8) is 0 Å². The molecule has 3 unspecified atom stereocenters. The number of carbonyl (C=O) groups excluding carboxylic acids is 2. The average molecular weight is 358 g/mol. The van der Waals surface area contributed by atoms with Gasteiger partial charge in [0.15, 0.2) is 0 Å². The number of nitrogens with one attached hydrogen (secondary N) is 2. The highest BCUT2D eigenvalue weighted by atomic mass is 16.3. The van der Waals surface area contributed by atoms with Crippen LogP contribution in [0.3, 0.4) is 0 Å². The molecule has 4 aliphatic rings. The fraction of sp³-hybridized carbons (Fsp3) is 0.556. The maximum Gasteiger partial charge on any atom is 0.262 e. The summed E-state index contributed by atoms with van der Waals surface area (Å²) in [6.07, 6.45) is -1.19. The highest BCUT2D eigenvalue weighted by molar-refractivity contribution is 6.22. The number of imide groups is 1. The summed E-state index contributed by atoms with van der Waals surface area (Å²) in [4.78, 5) is 29.0. The number of piperidine rings is 1. The number of aliphatic hydroxyl groups excluding tert-OH is 2. The van der Waals surface area contributed by atoms with Gasteiger partial charge in [0.25, 0.3) is 11.8 Å². The number of rotatable bonds is 2. The molecule has 8 nitrogen and oxygen atoms in total. The predicted octanol–water partition coefficient (Wildman–Crippen LogP) is -0.919. The second-order valence-corrected chi connectivity index (χ2v) is 7.94. The van der Waals surface area contributed by atoms with Gasteiger partial charge in [-0.3, -0.25) is 19.8 Å². The summed E-state index contributed by atoms with van der Waals surface area (Å²) in [6.45, 7) is 4.01. The van der Waals surface area contributed by atoms with Gasteiger partial charge in [0.05, 0.1) is 17.2 Å². The van der Waals surface area contributed by atoms with Crippen molar-refractivity contribution >= 4 is 17.5 Å². The van der Waals surface area contributed by atoms with Crippen LogP contribution in [0.5, 0.6) is 0 Å². The topological polar surface area (TPSA) is 105 Å². The number of nitrogens with zero attached hydrogens (tertiary/aromatic N) is 2. The Morgan fingerprint density at radius 3 is 2.42 bits per heavy atom. The van der Waals surface area contributed by atoms with Gasteiger partial charge in [0.2, 0.25) is 0 Å². The number of benzene rings is 1. The Labute approximate surface area is 150 Å². The van der Waals surface area contributed by atoms with Gasteiger partial charge >= 0.3 is 0 Å². The van der Waals surface area contributed by atoms with Crippen LogP contribution in [0.4, 0.5) is 5.69 Å². The van der Waals surface area contributed by atoms with E-state index in [1.54, 1.807) is 12.1 Å². The molecule has 4 aliphatic heterocycles. The Bertz CT molecular complexity index is 785. The van der Waals surface area contributed by atoms with Crippen LogP contribution in [0.25, 0.3) is 0 Å². The van der Waals surface area contributed by atoms with Crippen LogP contribution in [0, 0.1) is 5.41 Å². The monoisotopic (exact) mass is 358 g/mol. The van der Waals surface area contributed by atoms with E-state index in [-0.39, 0.29) is 11.8 Å². The van der Waals surface area contributed by atoms with Crippen molar-refractivity contribution in [1.82, 2.24) is 15.5 Å². The van der Waals surface area contributed by atoms with Crippen LogP contribution in [0.1, 0.15) is 33.6 Å². The van der Waals surface area contributed by atoms with E-state index in [0.717, 1.165) is 36.8 Å². The third-order valence-corrected chi connectivity index (χ3v) is 6.11. The first-order chi connectivity index (χ1) is 12.5. The average Bonchev–Trinajstić information content (AvgIpc) is 2.77. The Kier molecular flexibility index (Phi) is 3.42. The van der Waals surface area contributed by atoms with Crippen molar-refractivity contribution in [2.24, 2.45) is 5.41 Å². The molecule has 5 rings (SSSR count). The second-order valence-electron chi connectivity index (χ2n) is 7.94. The van der Waals surface area contributed by atoms with Gasteiger partial charge < -0.3 is 20.4 Å². The van der Waals surface area contributed by atoms with Gasteiger partial charge in [0, 0.05) is 37.3 Å². The fourth-order valence-corrected chi connectivity index (χ4v) is 4.54. The highest BCUT2D eigenvalue weighted by Gasteiger charge is 2.48. The molecule has 3 saturated heterocycles. The molecule has 138 valence electrons. The molecule has 0 aliphatic carbocycles. The Balaban J connectivity index is 1.38. The minimum Gasteiger partial charge on any atom is -0.379 e. The quantitative estimate of drug-likeness (QED) is 0.507. The number of anilines is 1. The van der Waals surface area contributed by atoms with Crippen LogP contribution in [-0.4, -0.2) is 71.6 Å². The number of hydrogen-bond acceptors (Lipinski definition) is 7. The van der Waals surface area contributed by atoms with Crippen LogP contribution in [0.2, 0.25) is 0 Å². The van der Waals surface area contributed by atoms with E-state index in [2.05, 4.69) is 15.5 Å². The van der Waals surface area contributed by atoms with E-state index in [1.807, 2.05) is 6.07 Å². The van der Waals surface area contributed by atoms with E-state index in [0.29, 0.717) is 29.4 Å². The lowest BCUT2D eigenvalue weighted by atomic mass is 9.74. The fourth-order valence-electron chi connectivity index (χ4n) is 4.54. The largest absolute Gasteiger partial charge is 0.379 e. The number of hydrogen-bond donors (Lipinski definition) is 4. The van der Waals surface area contributed by atoms with Crippen LogP contribution < -0.4 is 15.5 Å². The van der Waals surface area contributed by atoms with Gasteiger partial charge in [-0.15, -0.1) is 0 Å². The van der Waals surface area contributed by atoms with E-state index >= 15 is 0 Å². The van der Waals surface area contributed by atoms with Crippen molar-refractivity contribution in [1.29, 1.82) is 0 Å². The van der Waals surface area contributed by atoms with Gasteiger partial charge in [-0.25, -0.2) is 0 Å². The van der Waals surface area contributed by atoms with Crippen LogP contribution in [-0.2, 0) is 0 Å². The molecule has 4 heterocycles. The van der Waals surface area contributed by atoms with Gasteiger partial charge in [-0.2, -0.15) is 0 Å². The smallest absolute Gasteiger partial charge is 0.262 e. The summed E-state index contributed by atoms with van der Waals surface area (Å²) in [7, 11) is 0. The van der Waals surface area contributed by atoms with Crippen molar-refractivity contribution in [2.75, 3.05) is 31.1 Å². The third kappa shape index (κ3) is 2.23. The van der Waals surface area contributed by atoms with Crippen LogP contribution >= 0.6 is 0 Å². The lowest BCUT2D eigenvalue weighted by Crippen LogP contribution is -2.71. The maximum absolute atomic E-state index is 12.9. The zero-order valence-electron chi connectivity index (χ0n) is 14.3. The predicted molar refractivity (Wildman–Crippen MR) is 92.6 cm³/mol. The highest BCUT2D eigenvalue weighted by Crippen LogP contribution is 2.39. The molecule has 3 atom stereocenters. The van der Waals surface area contributed by atoms with Crippen molar-refractivity contribution in [3.8, 4) is 0 Å². The standard InChI is InChI=1S/C18H22N4O4/c23-14-4-3-13(15(24)20-14)22-16(25)11-2-1-10(5-12(11)17(22)26)21-8-18(9-21)6-19-7-18/h1-2,5,13-15,19-20,23-24H,3-4,6-9H2. The molecule has 0 saturated carbocycles. The van der Waals surface area contributed by atoms with Crippen molar-refractivity contribution in [2.45, 2.75) is 31.3 Å². The molecule has 0 radical (unpaired) electrons. The summed E-state index contributed by atoms with van der Waals surface area (Å²) < 4.78 is 0. The van der Waals surface area contributed by atoms with E-state index in [1.165, 1.54) is 0 Å². The molecule has 0 bridgehead atoms. The van der Waals surface area contributed by atoms with E-state index in [9.17, 15) is 19.8 Å². The molecular weight excluding hydrogens is 336 g/mol. The Morgan fingerprint density at radius 1 is 1.04 bits per heavy atom. The van der Waals surface area contributed by atoms with E-state index < -0.39 is 18.5 Å². The molecule has 1 spiro atoms. The molecule has 4 N–H and O–H groups in total. The minimum atomic E-state index is -1.12. The maximum atomic E-state index is 12.9. The zero-order valence-corrected chi connectivity index (χ0v) is 14.3. The molecule has 26 heavy (non-hydrogen) atoms. The zero-order chi connectivity index (χ0) is 18.1. The second kappa shape index (κ2) is 5.50. The van der Waals surface area contributed by atoms with Crippen molar-refractivity contribution < 1.29 is 19.8 Å². The molecule has 2 amide bonds. The summed E-state index contributed by atoms with van der Waals surface area (Å²) in [5.41, 5.74) is 2.13. The third-order valence-electron chi connectivity index (χ3n) is 6.11. The van der Waals surface area contributed by atoms with Gasteiger partial charge in [-0.1, -0.05) is 0 Å². The van der Waals surface area contributed by atoms with Crippen molar-refractivity contribution in [3.05, 3.63) is 29.3 Å². The Morgan fingerprint density at radius 2 is 1.77 bits per heavy atom. The summed E-state index contributed by atoms with van der Waals surface area (Å²) >= 11 is 0. The van der Waals surface area contributed by atoms with E-state index in [4.69, 9.17) is 0 Å². The molecule has 1 aromatic rings. The van der Waals surface area contributed by atoms with Gasteiger partial charge in [-0.05, 0) is 31.0 Å². The first-order valence-electron chi connectivity index (χ1n) is 9.07. The lowest BCUT2D eigenvalue weighted by molar-refractivity contribution is -0.0413. The molecule has 0 aromatic heterocycles. The molecule has 8 heteroatoms.